The zero-order valence-corrected chi connectivity index (χ0v) is 21.6. The van der Waals surface area contributed by atoms with Gasteiger partial charge in [0, 0.05) is 0 Å². The largest absolute Gasteiger partial charge is 0.494 e. The van der Waals surface area contributed by atoms with Crippen molar-refractivity contribution in [1.29, 1.82) is 0 Å². The Balaban J connectivity index is 1.62. The second kappa shape index (κ2) is 15.8. The van der Waals surface area contributed by atoms with Crippen molar-refractivity contribution in [1.82, 2.24) is 0 Å². The Hall–Kier alpha value is -2.95. The van der Waals surface area contributed by atoms with Gasteiger partial charge in [0.25, 0.3) is 0 Å². The van der Waals surface area contributed by atoms with Crippen molar-refractivity contribution in [2.75, 3.05) is 26.9 Å². The first-order valence-electron chi connectivity index (χ1n) is 12.3. The molecule has 0 spiro atoms. The van der Waals surface area contributed by atoms with Crippen molar-refractivity contribution in [2.24, 2.45) is 5.16 Å². The molecule has 0 N–H and O–H groups in total. The van der Waals surface area contributed by atoms with Crippen LogP contribution in [0.5, 0.6) is 17.2 Å². The molecule has 34 heavy (non-hydrogen) atoms. The number of oxime groups is 1. The lowest BCUT2D eigenvalue weighted by atomic mass is 10.1. The maximum atomic E-state index is 6.08. The van der Waals surface area contributed by atoms with Gasteiger partial charge in [-0.2, -0.15) is 0 Å². The number of hydrogen-bond donors (Lipinski definition) is 0. The van der Waals surface area contributed by atoms with Crippen LogP contribution in [-0.2, 0) is 11.3 Å². The number of allylic oxidation sites excluding steroid dienone is 1. The van der Waals surface area contributed by atoms with E-state index in [1.165, 1.54) is 5.56 Å². The lowest BCUT2D eigenvalue weighted by Crippen LogP contribution is -2.03. The molecule has 0 saturated heterocycles. The van der Waals surface area contributed by atoms with Crippen LogP contribution < -0.4 is 14.2 Å². The van der Waals surface area contributed by atoms with Crippen molar-refractivity contribution >= 4 is 5.71 Å². The van der Waals surface area contributed by atoms with Gasteiger partial charge < -0.3 is 19.0 Å². The molecular weight excluding hydrogens is 426 g/mol. The molecule has 2 rings (SSSR count). The minimum atomic E-state index is 0.592. The summed E-state index contributed by atoms with van der Waals surface area (Å²) in [6.45, 7) is 10.2. The topological polar surface area (TPSA) is 49.3 Å². The van der Waals surface area contributed by atoms with Crippen molar-refractivity contribution < 1.29 is 19.0 Å². The molecule has 2 aromatic carbocycles. The molecule has 2 aromatic rings. The van der Waals surface area contributed by atoms with Crippen LogP contribution in [0.1, 0.15) is 62.6 Å². The van der Waals surface area contributed by atoms with Crippen molar-refractivity contribution in [2.45, 2.75) is 66.2 Å². The van der Waals surface area contributed by atoms with E-state index in [1.807, 2.05) is 44.2 Å². The second-order valence-electron chi connectivity index (χ2n) is 8.53. The third kappa shape index (κ3) is 10.3. The van der Waals surface area contributed by atoms with E-state index < -0.39 is 0 Å². The highest BCUT2D eigenvalue weighted by Crippen LogP contribution is 2.28. The fourth-order valence-electron chi connectivity index (χ4n) is 3.70. The third-order valence-electron chi connectivity index (χ3n) is 5.49. The van der Waals surface area contributed by atoms with Gasteiger partial charge in [-0.05, 0) is 107 Å². The smallest absolute Gasteiger partial charge is 0.125 e. The van der Waals surface area contributed by atoms with E-state index in [2.05, 4.69) is 37.2 Å². The molecule has 0 bridgehead atoms. The molecule has 186 valence electrons. The lowest BCUT2D eigenvalue weighted by molar-refractivity contribution is 0.212. The number of ether oxygens (including phenoxy) is 3. The van der Waals surface area contributed by atoms with Crippen LogP contribution in [0.3, 0.4) is 0 Å². The van der Waals surface area contributed by atoms with Crippen LogP contribution in [0.2, 0.25) is 0 Å². The van der Waals surface area contributed by atoms with Crippen LogP contribution in [0, 0.1) is 13.8 Å². The molecule has 0 unspecified atom stereocenters. The first kappa shape index (κ1) is 27.3. The predicted octanol–water partition coefficient (Wildman–Crippen LogP) is 7.23. The van der Waals surface area contributed by atoms with E-state index in [4.69, 9.17) is 19.0 Å². The standard InChI is InChI=1S/C29H41NO4/c1-6-7-17-33-28-20-23(2)29(24(3)21-28)34-19-11-9-8-10-18-32-27-14-12-13-26(22-27)16-15-25(4)30-31-5/h6-7,12-14,20-22H,8-11,15-19H2,1-5H3/b7-6+,30-25?. The van der Waals surface area contributed by atoms with Crippen molar-refractivity contribution in [3.8, 4) is 17.2 Å². The Bertz CT molecular complexity index is 897. The van der Waals surface area contributed by atoms with E-state index in [1.54, 1.807) is 7.11 Å². The molecular formula is C29H41NO4. The van der Waals surface area contributed by atoms with Crippen LogP contribution in [0.4, 0.5) is 0 Å². The first-order valence-corrected chi connectivity index (χ1v) is 12.3. The summed E-state index contributed by atoms with van der Waals surface area (Å²) in [5, 5.41) is 3.96. The molecule has 0 atom stereocenters. The molecule has 0 aromatic heterocycles. The van der Waals surface area contributed by atoms with Gasteiger partial charge in [0.05, 0.1) is 18.9 Å². The molecule has 0 aliphatic rings. The van der Waals surface area contributed by atoms with Crippen LogP contribution in [-0.4, -0.2) is 32.6 Å². The minimum absolute atomic E-state index is 0.592. The summed E-state index contributed by atoms with van der Waals surface area (Å²) in [6, 6.07) is 12.4. The molecule has 0 aliphatic carbocycles. The fourth-order valence-corrected chi connectivity index (χ4v) is 3.70. The maximum absolute atomic E-state index is 6.08. The normalized spacial score (nSPS) is 11.6. The molecule has 0 amide bonds. The van der Waals surface area contributed by atoms with Crippen LogP contribution >= 0.6 is 0 Å². The molecule has 0 radical (unpaired) electrons. The van der Waals surface area contributed by atoms with Gasteiger partial charge in [0.1, 0.15) is 31.0 Å². The summed E-state index contributed by atoms with van der Waals surface area (Å²) in [5.41, 5.74) is 4.48. The van der Waals surface area contributed by atoms with E-state index in [9.17, 15) is 0 Å². The molecule has 0 aliphatic heterocycles. The van der Waals surface area contributed by atoms with Gasteiger partial charge >= 0.3 is 0 Å². The predicted molar refractivity (Wildman–Crippen MR) is 141 cm³/mol. The zero-order chi connectivity index (χ0) is 24.6. The monoisotopic (exact) mass is 467 g/mol. The molecule has 0 saturated carbocycles. The Labute approximate surface area is 205 Å². The Morgan fingerprint density at radius 1 is 0.882 bits per heavy atom. The van der Waals surface area contributed by atoms with Crippen LogP contribution in [0.25, 0.3) is 0 Å². The highest BCUT2D eigenvalue weighted by atomic mass is 16.6. The molecule has 5 heteroatoms. The SMILES string of the molecule is C/C=C/COc1cc(C)c(OCCCCCCOc2cccc(CCC(C)=NOC)c2)c(C)c1. The summed E-state index contributed by atoms with van der Waals surface area (Å²) < 4.78 is 17.8. The van der Waals surface area contributed by atoms with E-state index in [0.29, 0.717) is 6.61 Å². The van der Waals surface area contributed by atoms with Crippen molar-refractivity contribution in [3.05, 3.63) is 65.2 Å². The summed E-state index contributed by atoms with van der Waals surface area (Å²) >= 11 is 0. The highest BCUT2D eigenvalue weighted by Gasteiger charge is 2.07. The average Bonchev–Trinajstić information content (AvgIpc) is 2.81. The Kier molecular flexibility index (Phi) is 12.7. The minimum Gasteiger partial charge on any atom is -0.494 e. The number of benzene rings is 2. The first-order chi connectivity index (χ1) is 16.5. The Morgan fingerprint density at radius 3 is 2.26 bits per heavy atom. The van der Waals surface area contributed by atoms with E-state index in [-0.39, 0.29) is 0 Å². The summed E-state index contributed by atoms with van der Waals surface area (Å²) in [6.07, 6.45) is 10.1. The maximum Gasteiger partial charge on any atom is 0.125 e. The third-order valence-corrected chi connectivity index (χ3v) is 5.49. The molecule has 5 nitrogen and oxygen atoms in total. The number of rotatable bonds is 16. The Morgan fingerprint density at radius 2 is 1.59 bits per heavy atom. The van der Waals surface area contributed by atoms with Gasteiger partial charge in [0.15, 0.2) is 0 Å². The molecule has 0 fully saturated rings. The molecule has 0 heterocycles. The number of unbranched alkanes of at least 4 members (excludes halogenated alkanes) is 3. The van der Waals surface area contributed by atoms with Gasteiger partial charge in [0.2, 0.25) is 0 Å². The fraction of sp³-hybridized carbons (Fsp3) is 0.483. The van der Waals surface area contributed by atoms with Crippen molar-refractivity contribution in [3.63, 3.8) is 0 Å². The number of aryl methyl sites for hydroxylation is 3. The van der Waals surface area contributed by atoms with E-state index >= 15 is 0 Å². The van der Waals surface area contributed by atoms with Crippen LogP contribution in [0.15, 0.2) is 53.7 Å². The summed E-state index contributed by atoms with van der Waals surface area (Å²) in [5.74, 6) is 2.80. The lowest BCUT2D eigenvalue weighted by Gasteiger charge is -2.14. The van der Waals surface area contributed by atoms with Gasteiger partial charge in [-0.1, -0.05) is 29.4 Å². The van der Waals surface area contributed by atoms with Gasteiger partial charge in [-0.15, -0.1) is 0 Å². The summed E-state index contributed by atoms with van der Waals surface area (Å²) in [7, 11) is 1.58. The van der Waals surface area contributed by atoms with Gasteiger partial charge in [-0.3, -0.25) is 0 Å². The second-order valence-corrected chi connectivity index (χ2v) is 8.53. The number of hydrogen-bond acceptors (Lipinski definition) is 5. The highest BCUT2D eigenvalue weighted by molar-refractivity contribution is 5.81. The number of nitrogens with zero attached hydrogens (tertiary/aromatic N) is 1. The van der Waals surface area contributed by atoms with Gasteiger partial charge in [-0.25, -0.2) is 0 Å². The van der Waals surface area contributed by atoms with E-state index in [0.717, 1.165) is 85.8 Å². The zero-order valence-electron chi connectivity index (χ0n) is 21.6. The quantitative estimate of drug-likeness (QED) is 0.113. The summed E-state index contributed by atoms with van der Waals surface area (Å²) in [4.78, 5) is 4.82. The average molecular weight is 468 g/mol.